The number of amides is 1. The molecule has 1 amide bonds. The topological polar surface area (TPSA) is 29.1 Å². The molecule has 18 heavy (non-hydrogen) atoms. The molecule has 0 unspecified atom stereocenters. The third-order valence-corrected chi connectivity index (χ3v) is 4.18. The molecule has 1 aromatic carbocycles. The molecule has 0 spiro atoms. The second-order valence-electron chi connectivity index (χ2n) is 5.11. The summed E-state index contributed by atoms with van der Waals surface area (Å²) in [6.07, 6.45) is 0. The van der Waals surface area contributed by atoms with Crippen LogP contribution in [-0.4, -0.2) is 17.2 Å². The lowest BCUT2D eigenvalue weighted by Crippen LogP contribution is -2.40. The number of nitrogens with one attached hydrogen (secondary N) is 1. The van der Waals surface area contributed by atoms with E-state index in [2.05, 4.69) is 50.4 Å². The molecule has 0 heterocycles. The number of rotatable bonds is 5. The van der Waals surface area contributed by atoms with Crippen molar-refractivity contribution in [2.24, 2.45) is 5.92 Å². The number of hydrogen-bond acceptors (Lipinski definition) is 2. The highest BCUT2D eigenvalue weighted by molar-refractivity contribution is 8.00. The smallest absolute Gasteiger partial charge is 0.233 e. The first kappa shape index (κ1) is 15.1. The zero-order valence-electron chi connectivity index (χ0n) is 11.9. The average Bonchev–Trinajstić information content (AvgIpc) is 2.31. The van der Waals surface area contributed by atoms with Crippen molar-refractivity contribution in [2.75, 3.05) is 0 Å². The van der Waals surface area contributed by atoms with Crippen LogP contribution in [-0.2, 0) is 4.79 Å². The Morgan fingerprint density at radius 2 is 1.67 bits per heavy atom. The normalized spacial score (nSPS) is 14.3. The third kappa shape index (κ3) is 4.73. The quantitative estimate of drug-likeness (QED) is 0.824. The zero-order valence-corrected chi connectivity index (χ0v) is 12.7. The summed E-state index contributed by atoms with van der Waals surface area (Å²) in [7, 11) is 0. The summed E-state index contributed by atoms with van der Waals surface area (Å²) >= 11 is 1.60. The molecule has 2 nitrogen and oxygen atoms in total. The van der Waals surface area contributed by atoms with Crippen molar-refractivity contribution in [1.82, 2.24) is 5.32 Å². The lowest BCUT2D eigenvalue weighted by atomic mass is 10.1. The van der Waals surface area contributed by atoms with Gasteiger partial charge in [0.15, 0.2) is 0 Å². The van der Waals surface area contributed by atoms with E-state index in [0.29, 0.717) is 5.92 Å². The van der Waals surface area contributed by atoms with E-state index in [1.165, 1.54) is 5.56 Å². The van der Waals surface area contributed by atoms with Crippen LogP contribution < -0.4 is 5.32 Å². The van der Waals surface area contributed by atoms with Gasteiger partial charge in [-0.25, -0.2) is 0 Å². The van der Waals surface area contributed by atoms with Crippen molar-refractivity contribution < 1.29 is 4.79 Å². The predicted octanol–water partition coefficient (Wildman–Crippen LogP) is 3.64. The van der Waals surface area contributed by atoms with Gasteiger partial charge in [0.25, 0.3) is 0 Å². The maximum atomic E-state index is 12.0. The molecule has 100 valence electrons. The van der Waals surface area contributed by atoms with Crippen LogP contribution in [0.3, 0.4) is 0 Å². The fraction of sp³-hybridized carbons (Fsp3) is 0.533. The zero-order chi connectivity index (χ0) is 13.7. The van der Waals surface area contributed by atoms with Crippen LogP contribution in [0.15, 0.2) is 29.2 Å². The Hall–Kier alpha value is -0.960. The monoisotopic (exact) mass is 265 g/mol. The van der Waals surface area contributed by atoms with Gasteiger partial charge >= 0.3 is 0 Å². The summed E-state index contributed by atoms with van der Waals surface area (Å²) in [5, 5.41) is 2.99. The molecular weight excluding hydrogens is 242 g/mol. The van der Waals surface area contributed by atoms with Gasteiger partial charge in [0.1, 0.15) is 0 Å². The van der Waals surface area contributed by atoms with Crippen molar-refractivity contribution in [3.63, 3.8) is 0 Å². The predicted molar refractivity (Wildman–Crippen MR) is 78.9 cm³/mol. The fourth-order valence-corrected chi connectivity index (χ4v) is 2.26. The molecule has 0 aliphatic rings. The molecule has 0 aliphatic heterocycles. The van der Waals surface area contributed by atoms with Crippen LogP contribution in [0.5, 0.6) is 0 Å². The first-order valence-electron chi connectivity index (χ1n) is 6.44. The van der Waals surface area contributed by atoms with E-state index in [9.17, 15) is 4.79 Å². The second-order valence-corrected chi connectivity index (χ2v) is 6.53. The molecule has 0 aliphatic carbocycles. The molecule has 0 saturated carbocycles. The molecule has 1 N–H and O–H groups in total. The summed E-state index contributed by atoms with van der Waals surface area (Å²) in [5.74, 6) is 0.576. The third-order valence-electron chi connectivity index (χ3n) is 3.07. The Bertz CT molecular complexity index is 386. The van der Waals surface area contributed by atoms with Crippen molar-refractivity contribution in [3.8, 4) is 0 Å². The van der Waals surface area contributed by atoms with Gasteiger partial charge in [-0.05, 0) is 38.8 Å². The van der Waals surface area contributed by atoms with E-state index >= 15 is 0 Å². The van der Waals surface area contributed by atoms with E-state index in [-0.39, 0.29) is 17.2 Å². The van der Waals surface area contributed by atoms with Crippen molar-refractivity contribution in [1.29, 1.82) is 0 Å². The lowest BCUT2D eigenvalue weighted by molar-refractivity contribution is -0.121. The Kier molecular flexibility index (Phi) is 5.73. The molecule has 1 aromatic rings. The lowest BCUT2D eigenvalue weighted by Gasteiger charge is -2.20. The molecule has 0 fully saturated rings. The van der Waals surface area contributed by atoms with Gasteiger partial charge < -0.3 is 5.32 Å². The Labute approximate surface area is 115 Å². The molecule has 1 rings (SSSR count). The molecular formula is C15H23NOS. The standard InChI is InChI=1S/C15H23NOS/c1-10(2)12(4)16-15(17)13(5)18-14-8-6-11(3)7-9-14/h6-10,12-13H,1-5H3,(H,16,17)/t12-,13+/m1/s1. The van der Waals surface area contributed by atoms with Gasteiger partial charge in [0.2, 0.25) is 5.91 Å². The highest BCUT2D eigenvalue weighted by Crippen LogP contribution is 2.23. The van der Waals surface area contributed by atoms with E-state index < -0.39 is 0 Å². The second kappa shape index (κ2) is 6.83. The fourth-order valence-electron chi connectivity index (χ4n) is 1.38. The van der Waals surface area contributed by atoms with Crippen LogP contribution in [0.4, 0.5) is 0 Å². The average molecular weight is 265 g/mol. The summed E-state index contributed by atoms with van der Waals surface area (Å²) in [6.45, 7) is 10.3. The number of hydrogen-bond donors (Lipinski definition) is 1. The molecule has 3 heteroatoms. The highest BCUT2D eigenvalue weighted by Gasteiger charge is 2.17. The minimum absolute atomic E-state index is 0.0612. The molecule has 0 saturated heterocycles. The van der Waals surface area contributed by atoms with Gasteiger partial charge in [-0.1, -0.05) is 31.5 Å². The number of benzene rings is 1. The Morgan fingerprint density at radius 3 is 2.17 bits per heavy atom. The number of carbonyl (C=O) groups excluding carboxylic acids is 1. The maximum absolute atomic E-state index is 12.0. The van der Waals surface area contributed by atoms with Crippen LogP contribution in [0.1, 0.15) is 33.3 Å². The highest BCUT2D eigenvalue weighted by atomic mass is 32.2. The maximum Gasteiger partial charge on any atom is 0.233 e. The minimum Gasteiger partial charge on any atom is -0.352 e. The summed E-state index contributed by atoms with van der Waals surface area (Å²) in [5.41, 5.74) is 1.24. The summed E-state index contributed by atoms with van der Waals surface area (Å²) in [4.78, 5) is 13.1. The number of aryl methyl sites for hydroxylation is 1. The van der Waals surface area contributed by atoms with Gasteiger partial charge in [-0.3, -0.25) is 4.79 Å². The molecule has 0 aromatic heterocycles. The van der Waals surface area contributed by atoms with Crippen LogP contribution in [0.2, 0.25) is 0 Å². The number of thioether (sulfide) groups is 1. The molecule has 0 bridgehead atoms. The Morgan fingerprint density at radius 1 is 1.11 bits per heavy atom. The SMILES string of the molecule is Cc1ccc(S[C@@H](C)C(=O)N[C@H](C)C(C)C)cc1. The van der Waals surface area contributed by atoms with Crippen molar-refractivity contribution in [2.45, 2.75) is 50.8 Å². The van der Waals surface area contributed by atoms with Crippen LogP contribution >= 0.6 is 11.8 Å². The van der Waals surface area contributed by atoms with Crippen LogP contribution in [0.25, 0.3) is 0 Å². The first-order valence-corrected chi connectivity index (χ1v) is 7.32. The van der Waals surface area contributed by atoms with E-state index in [1.54, 1.807) is 11.8 Å². The van der Waals surface area contributed by atoms with Gasteiger partial charge in [-0.2, -0.15) is 0 Å². The van der Waals surface area contributed by atoms with Gasteiger partial charge in [0.05, 0.1) is 5.25 Å². The van der Waals surface area contributed by atoms with Crippen molar-refractivity contribution in [3.05, 3.63) is 29.8 Å². The molecule has 0 radical (unpaired) electrons. The number of carbonyl (C=O) groups is 1. The van der Waals surface area contributed by atoms with Gasteiger partial charge in [-0.15, -0.1) is 11.8 Å². The first-order chi connectivity index (χ1) is 8.40. The van der Waals surface area contributed by atoms with Crippen molar-refractivity contribution >= 4 is 17.7 Å². The van der Waals surface area contributed by atoms with E-state index in [0.717, 1.165) is 4.90 Å². The largest absolute Gasteiger partial charge is 0.352 e. The minimum atomic E-state index is -0.0612. The van der Waals surface area contributed by atoms with Gasteiger partial charge in [0, 0.05) is 10.9 Å². The summed E-state index contributed by atoms with van der Waals surface area (Å²) in [6, 6.07) is 8.50. The van der Waals surface area contributed by atoms with E-state index in [4.69, 9.17) is 0 Å². The van der Waals surface area contributed by atoms with Crippen LogP contribution in [0, 0.1) is 12.8 Å². The summed E-state index contributed by atoms with van der Waals surface area (Å²) < 4.78 is 0. The Balaban J connectivity index is 2.52. The van der Waals surface area contributed by atoms with E-state index in [1.807, 2.05) is 13.8 Å². The molecule has 2 atom stereocenters.